The maximum atomic E-state index is 12.6. The molecule has 4 rings (SSSR count). The van der Waals surface area contributed by atoms with E-state index in [4.69, 9.17) is 4.74 Å². The first kappa shape index (κ1) is 13.5. The van der Waals surface area contributed by atoms with Gasteiger partial charge in [-0.25, -0.2) is 4.98 Å². The van der Waals surface area contributed by atoms with Crippen molar-refractivity contribution in [3.63, 3.8) is 0 Å². The predicted octanol–water partition coefficient (Wildman–Crippen LogP) is 0.140. The van der Waals surface area contributed by atoms with Gasteiger partial charge in [0.15, 0.2) is 0 Å². The van der Waals surface area contributed by atoms with Gasteiger partial charge in [-0.3, -0.25) is 9.59 Å². The lowest BCUT2D eigenvalue weighted by Gasteiger charge is -2.21. The number of hydrogen-bond donors (Lipinski definition) is 1. The van der Waals surface area contributed by atoms with Gasteiger partial charge in [0.1, 0.15) is 11.5 Å². The van der Waals surface area contributed by atoms with Gasteiger partial charge in [0, 0.05) is 25.5 Å². The van der Waals surface area contributed by atoms with Crippen molar-refractivity contribution in [2.75, 3.05) is 13.1 Å². The van der Waals surface area contributed by atoms with Gasteiger partial charge in [-0.2, -0.15) is 0 Å². The largest absolute Gasteiger partial charge is 0.481 e. The second-order valence-electron chi connectivity index (χ2n) is 6.15. The minimum atomic E-state index is -0.949. The number of ether oxygens (including phenoxy) is 1. The molecule has 4 heterocycles. The molecule has 116 valence electrons. The number of likely N-dealkylation sites (tertiary alicyclic amines) is 1. The van der Waals surface area contributed by atoms with E-state index in [0.717, 1.165) is 13.0 Å². The van der Waals surface area contributed by atoms with E-state index in [1.54, 1.807) is 23.5 Å². The molecule has 1 N–H and O–H groups in total. The van der Waals surface area contributed by atoms with E-state index in [2.05, 4.69) is 4.98 Å². The summed E-state index contributed by atoms with van der Waals surface area (Å²) in [7, 11) is 0. The number of rotatable bonds is 5. The summed E-state index contributed by atoms with van der Waals surface area (Å²) in [4.78, 5) is 29.8. The zero-order chi connectivity index (χ0) is 15.3. The fourth-order valence-electron chi connectivity index (χ4n) is 3.91. The first-order valence-electron chi connectivity index (χ1n) is 7.45. The zero-order valence-electron chi connectivity index (χ0n) is 12.0. The molecule has 22 heavy (non-hydrogen) atoms. The number of carboxylic acids is 1. The van der Waals surface area contributed by atoms with Crippen LogP contribution in [0.1, 0.15) is 6.42 Å². The molecule has 0 aliphatic carbocycles. The highest BCUT2D eigenvalue weighted by molar-refractivity contribution is 5.90. The molecule has 0 aromatic carbocycles. The van der Waals surface area contributed by atoms with Crippen molar-refractivity contribution < 1.29 is 19.4 Å². The summed E-state index contributed by atoms with van der Waals surface area (Å²) in [5, 5.41) is 9.39. The molecular weight excluding hydrogens is 286 g/mol. The topological polar surface area (TPSA) is 84.7 Å². The minimum Gasteiger partial charge on any atom is -0.481 e. The number of amides is 1. The van der Waals surface area contributed by atoms with Gasteiger partial charge in [-0.15, -0.1) is 0 Å². The molecule has 0 unspecified atom stereocenters. The molecule has 3 aliphatic heterocycles. The Morgan fingerprint density at radius 1 is 1.50 bits per heavy atom. The first-order chi connectivity index (χ1) is 10.6. The lowest BCUT2D eigenvalue weighted by atomic mass is 9.77. The maximum absolute atomic E-state index is 12.6. The monoisotopic (exact) mass is 303 g/mol. The molecule has 0 radical (unpaired) electrons. The van der Waals surface area contributed by atoms with Crippen LogP contribution in [0.2, 0.25) is 0 Å². The molecule has 2 fully saturated rings. The normalized spacial score (nSPS) is 35.4. The Bertz CT molecular complexity index is 641. The smallest absolute Gasteiger partial charge is 0.310 e. The Morgan fingerprint density at radius 3 is 3.09 bits per heavy atom. The summed E-state index contributed by atoms with van der Waals surface area (Å²) in [5.74, 6) is -2.37. The number of imidazole rings is 1. The van der Waals surface area contributed by atoms with Crippen LogP contribution in [0.5, 0.6) is 0 Å². The Labute approximate surface area is 127 Å². The van der Waals surface area contributed by atoms with E-state index < -0.39 is 29.5 Å². The predicted molar refractivity (Wildman–Crippen MR) is 74.8 cm³/mol. The average molecular weight is 303 g/mol. The molecule has 1 amide bonds. The maximum Gasteiger partial charge on any atom is 0.310 e. The van der Waals surface area contributed by atoms with Crippen LogP contribution >= 0.6 is 0 Å². The van der Waals surface area contributed by atoms with Gasteiger partial charge >= 0.3 is 5.97 Å². The summed E-state index contributed by atoms with van der Waals surface area (Å²) < 4.78 is 7.80. The minimum absolute atomic E-state index is 0.0927. The van der Waals surface area contributed by atoms with E-state index in [-0.39, 0.29) is 5.91 Å². The third-order valence-electron chi connectivity index (χ3n) is 4.87. The van der Waals surface area contributed by atoms with Gasteiger partial charge in [0.25, 0.3) is 0 Å². The first-order valence-corrected chi connectivity index (χ1v) is 7.45. The lowest BCUT2D eigenvalue weighted by molar-refractivity contribution is -0.148. The SMILES string of the molecule is O=C(O)[C@H]1[C@@H]2C=C[C@]3(CN(CCCn4ccnc4)C(=O)[C@@H]13)O2. The molecule has 1 aromatic rings. The number of aromatic nitrogens is 2. The Hall–Kier alpha value is -2.15. The fourth-order valence-corrected chi connectivity index (χ4v) is 3.91. The van der Waals surface area contributed by atoms with E-state index in [0.29, 0.717) is 13.1 Å². The van der Waals surface area contributed by atoms with Gasteiger partial charge in [0.05, 0.1) is 24.9 Å². The molecular formula is C15H17N3O4. The van der Waals surface area contributed by atoms with E-state index in [9.17, 15) is 14.7 Å². The highest BCUT2D eigenvalue weighted by Gasteiger charge is 2.66. The third-order valence-corrected chi connectivity index (χ3v) is 4.87. The van der Waals surface area contributed by atoms with Crippen LogP contribution in [0, 0.1) is 11.8 Å². The van der Waals surface area contributed by atoms with Crippen molar-refractivity contribution in [1.29, 1.82) is 0 Å². The summed E-state index contributed by atoms with van der Waals surface area (Å²) in [6, 6.07) is 0. The van der Waals surface area contributed by atoms with Crippen molar-refractivity contribution in [2.45, 2.75) is 24.7 Å². The number of carbonyl (C=O) groups is 2. The number of aliphatic carboxylic acids is 1. The van der Waals surface area contributed by atoms with Crippen LogP contribution in [-0.2, 0) is 20.9 Å². The third kappa shape index (κ3) is 1.81. The lowest BCUT2D eigenvalue weighted by Crippen LogP contribution is -2.39. The summed E-state index contributed by atoms with van der Waals surface area (Å²) >= 11 is 0. The van der Waals surface area contributed by atoms with Crippen LogP contribution < -0.4 is 0 Å². The number of fused-ring (bicyclic) bond motifs is 1. The van der Waals surface area contributed by atoms with Crippen molar-refractivity contribution in [1.82, 2.24) is 14.5 Å². The van der Waals surface area contributed by atoms with Crippen LogP contribution in [0.25, 0.3) is 0 Å². The van der Waals surface area contributed by atoms with Crippen molar-refractivity contribution in [3.05, 3.63) is 30.9 Å². The van der Waals surface area contributed by atoms with Crippen molar-refractivity contribution in [2.24, 2.45) is 11.8 Å². The van der Waals surface area contributed by atoms with Gasteiger partial charge < -0.3 is 19.3 Å². The number of carboxylic acid groups (broad SMARTS) is 1. The van der Waals surface area contributed by atoms with E-state index >= 15 is 0 Å². The van der Waals surface area contributed by atoms with Crippen LogP contribution in [0.3, 0.4) is 0 Å². The Balaban J connectivity index is 1.45. The van der Waals surface area contributed by atoms with Gasteiger partial charge in [0.2, 0.25) is 5.91 Å². The van der Waals surface area contributed by atoms with Crippen LogP contribution in [-0.4, -0.2) is 56.2 Å². The van der Waals surface area contributed by atoms with Crippen LogP contribution in [0.15, 0.2) is 30.9 Å². The number of nitrogens with zero attached hydrogens (tertiary/aromatic N) is 3. The molecule has 3 aliphatic rings. The van der Waals surface area contributed by atoms with Gasteiger partial charge in [-0.05, 0) is 6.42 Å². The summed E-state index contributed by atoms with van der Waals surface area (Å²) in [6.45, 7) is 1.84. The molecule has 1 spiro atoms. The van der Waals surface area contributed by atoms with E-state index in [1.165, 1.54) is 0 Å². The highest BCUT2D eigenvalue weighted by Crippen LogP contribution is 2.51. The number of hydrogen-bond acceptors (Lipinski definition) is 4. The molecule has 2 saturated heterocycles. The highest BCUT2D eigenvalue weighted by atomic mass is 16.5. The Kier molecular flexibility index (Phi) is 2.87. The number of aryl methyl sites for hydroxylation is 1. The molecule has 0 saturated carbocycles. The van der Waals surface area contributed by atoms with Crippen molar-refractivity contribution >= 4 is 11.9 Å². The fraction of sp³-hybridized carbons (Fsp3) is 0.533. The summed E-state index contributed by atoms with van der Waals surface area (Å²) in [5.41, 5.74) is -0.722. The molecule has 4 atom stereocenters. The molecule has 1 aromatic heterocycles. The second kappa shape index (κ2) is 4.67. The second-order valence-corrected chi connectivity index (χ2v) is 6.15. The standard InChI is InChI=1S/C15H17N3O4/c19-13-12-11(14(20)21)10-2-3-15(12,22-10)8-18(13)6-1-5-17-7-4-16-9-17/h2-4,7,9-12H,1,5-6,8H2,(H,20,21)/t10-,11-,12+,15+/m0/s1. The van der Waals surface area contributed by atoms with Crippen molar-refractivity contribution in [3.8, 4) is 0 Å². The molecule has 2 bridgehead atoms. The average Bonchev–Trinajstić information content (AvgIpc) is 3.22. The quantitative estimate of drug-likeness (QED) is 0.782. The zero-order valence-corrected chi connectivity index (χ0v) is 12.0. The summed E-state index contributed by atoms with van der Waals surface area (Å²) in [6.07, 6.45) is 9.36. The van der Waals surface area contributed by atoms with Crippen LogP contribution in [0.4, 0.5) is 0 Å². The Morgan fingerprint density at radius 2 is 2.36 bits per heavy atom. The molecule has 7 nitrogen and oxygen atoms in total. The van der Waals surface area contributed by atoms with Gasteiger partial charge in [-0.1, -0.05) is 12.2 Å². The van der Waals surface area contributed by atoms with E-state index in [1.807, 2.05) is 16.8 Å². The number of carbonyl (C=O) groups excluding carboxylic acids is 1. The molecule has 7 heteroatoms.